The topological polar surface area (TPSA) is 84.8 Å². The van der Waals surface area contributed by atoms with Gasteiger partial charge in [-0.05, 0) is 13.3 Å². The van der Waals surface area contributed by atoms with Crippen LogP contribution in [-0.2, 0) is 19.1 Å². The van der Waals surface area contributed by atoms with Crippen LogP contribution < -0.4 is 5.32 Å². The minimum Gasteiger partial charge on any atom is -0.361 e. The molecule has 0 aliphatic carbocycles. The van der Waals surface area contributed by atoms with Crippen LogP contribution in [-0.4, -0.2) is 38.3 Å². The van der Waals surface area contributed by atoms with E-state index in [-0.39, 0.29) is 13.0 Å². The lowest BCUT2D eigenvalue weighted by Crippen LogP contribution is -2.45. The maximum absolute atomic E-state index is 11.9. The minimum atomic E-state index is -5.89. The molecule has 17 heavy (non-hydrogen) atoms. The average Bonchev–Trinajstić information content (AvgIpc) is 2.15. The van der Waals surface area contributed by atoms with Crippen molar-refractivity contribution in [1.29, 1.82) is 0 Å². The molecule has 10 heteroatoms. The van der Waals surface area contributed by atoms with E-state index in [1.807, 2.05) is 0 Å². The Morgan fingerprint density at radius 2 is 2.12 bits per heavy atom. The van der Waals surface area contributed by atoms with Crippen molar-refractivity contribution < 1.29 is 30.6 Å². The number of alkyl halides is 3. The molecular formula is C7H9F3N2O4S. The third-order valence-corrected chi connectivity index (χ3v) is 2.86. The van der Waals surface area contributed by atoms with Crippen molar-refractivity contribution in [1.82, 2.24) is 5.32 Å². The quantitative estimate of drug-likeness (QED) is 0.572. The molecule has 0 saturated carbocycles. The van der Waals surface area contributed by atoms with Crippen LogP contribution in [0.5, 0.6) is 0 Å². The van der Waals surface area contributed by atoms with E-state index in [1.165, 1.54) is 6.92 Å². The number of nitrogens with one attached hydrogen (secondary N) is 1. The lowest BCUT2D eigenvalue weighted by Gasteiger charge is -2.21. The van der Waals surface area contributed by atoms with Gasteiger partial charge in [0.2, 0.25) is 0 Å². The van der Waals surface area contributed by atoms with E-state index in [0.29, 0.717) is 5.84 Å². The zero-order valence-corrected chi connectivity index (χ0v) is 9.43. The maximum Gasteiger partial charge on any atom is 0.534 e. The Labute approximate surface area is 95.0 Å². The fourth-order valence-electron chi connectivity index (χ4n) is 1.12. The van der Waals surface area contributed by atoms with Gasteiger partial charge in [0.05, 0.1) is 5.84 Å². The summed E-state index contributed by atoms with van der Waals surface area (Å²) in [5.41, 5.74) is -5.61. The number of hydrogen-bond donors (Lipinski definition) is 1. The second-order valence-corrected chi connectivity index (χ2v) is 4.79. The van der Waals surface area contributed by atoms with E-state index in [1.54, 1.807) is 0 Å². The van der Waals surface area contributed by atoms with Crippen LogP contribution in [0.15, 0.2) is 4.99 Å². The van der Waals surface area contributed by atoms with Crippen LogP contribution in [0.25, 0.3) is 0 Å². The standard InChI is InChI=1S/C7H9F3N2O4S/c1-4-11-3-2-5(12-4)6(13)16-17(14,15)7(8,9)10/h5H,2-3H2,1H3,(H,11,12). The van der Waals surface area contributed by atoms with E-state index >= 15 is 0 Å². The van der Waals surface area contributed by atoms with Gasteiger partial charge in [-0.1, -0.05) is 0 Å². The number of amidine groups is 1. The van der Waals surface area contributed by atoms with Crippen molar-refractivity contribution in [2.24, 2.45) is 4.99 Å². The number of nitrogens with zero attached hydrogens (tertiary/aromatic N) is 1. The Bertz CT molecular complexity index is 443. The Balaban J connectivity index is 2.71. The van der Waals surface area contributed by atoms with Gasteiger partial charge in [-0.25, -0.2) is 4.79 Å². The van der Waals surface area contributed by atoms with Crippen molar-refractivity contribution in [2.75, 3.05) is 6.54 Å². The van der Waals surface area contributed by atoms with Gasteiger partial charge in [0.1, 0.15) is 6.04 Å². The molecule has 0 radical (unpaired) electrons. The highest BCUT2D eigenvalue weighted by Gasteiger charge is 2.50. The molecule has 0 aromatic carbocycles. The van der Waals surface area contributed by atoms with Gasteiger partial charge in [-0.15, -0.1) is 0 Å². The summed E-state index contributed by atoms with van der Waals surface area (Å²) in [7, 11) is -5.89. The molecule has 1 N–H and O–H groups in total. The Hall–Kier alpha value is -1.32. The predicted octanol–water partition coefficient (Wildman–Crippen LogP) is 0.160. The summed E-state index contributed by atoms with van der Waals surface area (Å²) in [6.45, 7) is 1.71. The lowest BCUT2D eigenvalue weighted by molar-refractivity contribution is -0.138. The van der Waals surface area contributed by atoms with Gasteiger partial charge in [-0.2, -0.15) is 21.6 Å². The number of rotatable bonds is 2. The van der Waals surface area contributed by atoms with Crippen LogP contribution in [0, 0.1) is 0 Å². The first-order valence-electron chi connectivity index (χ1n) is 4.45. The van der Waals surface area contributed by atoms with Gasteiger partial charge in [0.15, 0.2) is 0 Å². The summed E-state index contributed by atoms with van der Waals surface area (Å²) in [6, 6.07) is -1.13. The SMILES string of the molecule is CC1=NCCC(C(=O)OS(=O)(=O)C(F)(F)F)N1. The third-order valence-electron chi connectivity index (χ3n) is 1.91. The summed E-state index contributed by atoms with van der Waals surface area (Å²) >= 11 is 0. The summed E-state index contributed by atoms with van der Waals surface area (Å²) in [5, 5.41) is 2.43. The first-order valence-corrected chi connectivity index (χ1v) is 5.86. The normalized spacial score (nSPS) is 21.4. The highest BCUT2D eigenvalue weighted by atomic mass is 32.2. The van der Waals surface area contributed by atoms with Crippen molar-refractivity contribution in [3.05, 3.63) is 0 Å². The first-order chi connectivity index (χ1) is 7.63. The summed E-state index contributed by atoms with van der Waals surface area (Å²) in [5.74, 6) is -1.15. The second-order valence-electron chi connectivity index (χ2n) is 3.25. The maximum atomic E-state index is 11.9. The minimum absolute atomic E-state index is 0.0730. The fourth-order valence-corrected chi connectivity index (χ4v) is 1.55. The smallest absolute Gasteiger partial charge is 0.361 e. The average molecular weight is 274 g/mol. The molecule has 1 atom stereocenters. The molecule has 1 aliphatic heterocycles. The van der Waals surface area contributed by atoms with Crippen molar-refractivity contribution in [2.45, 2.75) is 24.9 Å². The Morgan fingerprint density at radius 1 is 1.53 bits per heavy atom. The first kappa shape index (κ1) is 13.7. The molecule has 0 fully saturated rings. The number of aliphatic imine (C=N–C) groups is 1. The van der Waals surface area contributed by atoms with E-state index in [9.17, 15) is 26.4 Å². The van der Waals surface area contributed by atoms with Crippen molar-refractivity contribution >= 4 is 21.9 Å². The Morgan fingerprint density at radius 3 is 2.59 bits per heavy atom. The molecule has 0 spiro atoms. The van der Waals surface area contributed by atoms with Crippen LogP contribution in [0.1, 0.15) is 13.3 Å². The van der Waals surface area contributed by atoms with Gasteiger partial charge in [-0.3, -0.25) is 4.99 Å². The molecule has 1 unspecified atom stereocenters. The molecule has 0 aromatic rings. The molecule has 6 nitrogen and oxygen atoms in total. The van der Waals surface area contributed by atoms with E-state index in [2.05, 4.69) is 14.5 Å². The van der Waals surface area contributed by atoms with Gasteiger partial charge in [0, 0.05) is 6.54 Å². The van der Waals surface area contributed by atoms with Crippen LogP contribution in [0.2, 0.25) is 0 Å². The lowest BCUT2D eigenvalue weighted by atomic mass is 10.2. The molecule has 0 aromatic heterocycles. The summed E-state index contributed by atoms with van der Waals surface area (Å²) in [4.78, 5) is 15.0. The predicted molar refractivity (Wildman–Crippen MR) is 50.6 cm³/mol. The van der Waals surface area contributed by atoms with E-state index in [0.717, 1.165) is 0 Å². The van der Waals surface area contributed by atoms with Crippen LogP contribution in [0.3, 0.4) is 0 Å². The molecule has 1 heterocycles. The van der Waals surface area contributed by atoms with E-state index in [4.69, 9.17) is 0 Å². The van der Waals surface area contributed by atoms with Crippen molar-refractivity contribution in [3.8, 4) is 0 Å². The summed E-state index contributed by atoms with van der Waals surface area (Å²) in [6.07, 6.45) is 0.0730. The second kappa shape index (κ2) is 4.51. The Kier molecular flexibility index (Phi) is 3.65. The number of hydrogen-bond acceptors (Lipinski definition) is 6. The fraction of sp³-hybridized carbons (Fsp3) is 0.714. The number of carbonyl (C=O) groups is 1. The molecule has 98 valence electrons. The summed E-state index contributed by atoms with van der Waals surface area (Å²) < 4.78 is 60.4. The van der Waals surface area contributed by atoms with Gasteiger partial charge < -0.3 is 9.50 Å². The molecule has 0 amide bonds. The molecule has 1 aliphatic rings. The molecular weight excluding hydrogens is 265 g/mol. The zero-order chi connectivity index (χ0) is 13.3. The zero-order valence-electron chi connectivity index (χ0n) is 8.61. The molecule has 0 bridgehead atoms. The van der Waals surface area contributed by atoms with Crippen molar-refractivity contribution in [3.63, 3.8) is 0 Å². The van der Waals surface area contributed by atoms with Gasteiger partial charge >= 0.3 is 21.6 Å². The largest absolute Gasteiger partial charge is 0.534 e. The third kappa shape index (κ3) is 3.32. The highest BCUT2D eigenvalue weighted by molar-refractivity contribution is 7.88. The number of carbonyl (C=O) groups excluding carboxylic acids is 1. The monoisotopic (exact) mass is 274 g/mol. The van der Waals surface area contributed by atoms with Crippen LogP contribution in [0.4, 0.5) is 13.2 Å². The molecule has 1 rings (SSSR count). The van der Waals surface area contributed by atoms with Gasteiger partial charge in [0.25, 0.3) is 0 Å². The highest BCUT2D eigenvalue weighted by Crippen LogP contribution is 2.25. The number of halogens is 3. The molecule has 0 saturated heterocycles. The van der Waals surface area contributed by atoms with Crippen LogP contribution >= 0.6 is 0 Å². The van der Waals surface area contributed by atoms with E-state index < -0.39 is 27.6 Å².